The van der Waals surface area contributed by atoms with Crippen LogP contribution in [0.15, 0.2) is 54.6 Å². The van der Waals surface area contributed by atoms with Gasteiger partial charge in [-0.25, -0.2) is 4.79 Å². The van der Waals surface area contributed by atoms with Crippen molar-refractivity contribution in [1.82, 2.24) is 10.6 Å². The smallest absolute Gasteiger partial charge is 0.326 e. The zero-order valence-electron chi connectivity index (χ0n) is 16.5. The molecule has 0 aliphatic carbocycles. The summed E-state index contributed by atoms with van der Waals surface area (Å²) < 4.78 is 0. The number of benzene rings is 2. The SMILES string of the molecule is CC(C)CC(NC(=O)c1ccc(O)cc1)C(=O)NC(Cc1ccccc1)C(=O)O. The van der Waals surface area contributed by atoms with Crippen LogP contribution >= 0.6 is 0 Å². The standard InChI is InChI=1S/C22H26N2O5/c1-14(2)12-18(23-20(26)16-8-10-17(25)11-9-16)21(27)24-19(22(28)29)13-15-6-4-3-5-7-15/h3-11,14,18-19,25H,12-13H2,1-2H3,(H,23,26)(H,24,27)(H,28,29). The van der Waals surface area contributed by atoms with Crippen LogP contribution in [0.25, 0.3) is 0 Å². The molecule has 7 nitrogen and oxygen atoms in total. The summed E-state index contributed by atoms with van der Waals surface area (Å²) in [6, 6.07) is 12.7. The molecule has 0 aliphatic rings. The fourth-order valence-corrected chi connectivity index (χ4v) is 2.88. The lowest BCUT2D eigenvalue weighted by atomic mass is 10.0. The second-order valence-corrected chi connectivity index (χ2v) is 7.29. The molecule has 2 atom stereocenters. The molecule has 2 amide bonds. The minimum Gasteiger partial charge on any atom is -0.508 e. The van der Waals surface area contributed by atoms with E-state index in [1.807, 2.05) is 19.9 Å². The van der Waals surface area contributed by atoms with Gasteiger partial charge in [0.2, 0.25) is 5.91 Å². The first-order valence-electron chi connectivity index (χ1n) is 9.43. The number of hydrogen-bond acceptors (Lipinski definition) is 4. The Hall–Kier alpha value is -3.35. The van der Waals surface area contributed by atoms with Gasteiger partial charge in [0.15, 0.2) is 0 Å². The van der Waals surface area contributed by atoms with Crippen LogP contribution in [0.4, 0.5) is 0 Å². The van der Waals surface area contributed by atoms with E-state index in [9.17, 15) is 24.6 Å². The summed E-state index contributed by atoms with van der Waals surface area (Å²) in [5.74, 6) is -2.03. The van der Waals surface area contributed by atoms with Crippen LogP contribution in [0.3, 0.4) is 0 Å². The van der Waals surface area contributed by atoms with Gasteiger partial charge in [-0.2, -0.15) is 0 Å². The minimum atomic E-state index is -1.14. The highest BCUT2D eigenvalue weighted by molar-refractivity contribution is 5.98. The Kier molecular flexibility index (Phi) is 7.77. The summed E-state index contributed by atoms with van der Waals surface area (Å²) in [6.07, 6.45) is 0.496. The molecule has 0 aliphatic heterocycles. The normalized spacial score (nSPS) is 12.8. The third kappa shape index (κ3) is 6.95. The van der Waals surface area contributed by atoms with E-state index >= 15 is 0 Å². The quantitative estimate of drug-likeness (QED) is 0.517. The second-order valence-electron chi connectivity index (χ2n) is 7.29. The van der Waals surface area contributed by atoms with Crippen LogP contribution in [0, 0.1) is 5.92 Å². The Labute approximate surface area is 169 Å². The molecular formula is C22H26N2O5. The number of aromatic hydroxyl groups is 1. The number of carboxylic acids is 1. The fraction of sp³-hybridized carbons (Fsp3) is 0.318. The molecule has 2 aromatic carbocycles. The molecule has 29 heavy (non-hydrogen) atoms. The van der Waals surface area contributed by atoms with Crippen molar-refractivity contribution in [2.75, 3.05) is 0 Å². The van der Waals surface area contributed by atoms with Gasteiger partial charge in [-0.3, -0.25) is 9.59 Å². The van der Waals surface area contributed by atoms with E-state index in [0.29, 0.717) is 12.0 Å². The number of hydrogen-bond donors (Lipinski definition) is 4. The van der Waals surface area contributed by atoms with Gasteiger partial charge in [0.25, 0.3) is 5.91 Å². The molecular weight excluding hydrogens is 372 g/mol. The van der Waals surface area contributed by atoms with Crippen molar-refractivity contribution in [3.05, 3.63) is 65.7 Å². The number of aliphatic carboxylic acids is 1. The average molecular weight is 398 g/mol. The van der Waals surface area contributed by atoms with Crippen LogP contribution < -0.4 is 10.6 Å². The Morgan fingerprint density at radius 2 is 1.52 bits per heavy atom. The number of phenolic OH excluding ortho intramolecular Hbond substituents is 1. The molecule has 0 bridgehead atoms. The molecule has 0 heterocycles. The number of carbonyl (C=O) groups excluding carboxylic acids is 2. The topological polar surface area (TPSA) is 116 Å². The van der Waals surface area contributed by atoms with E-state index < -0.39 is 29.9 Å². The maximum absolute atomic E-state index is 12.8. The summed E-state index contributed by atoms with van der Waals surface area (Å²) >= 11 is 0. The summed E-state index contributed by atoms with van der Waals surface area (Å²) in [5.41, 5.74) is 1.08. The highest BCUT2D eigenvalue weighted by Gasteiger charge is 2.27. The fourth-order valence-electron chi connectivity index (χ4n) is 2.88. The van der Waals surface area contributed by atoms with Gasteiger partial charge in [-0.15, -0.1) is 0 Å². The van der Waals surface area contributed by atoms with Crippen molar-refractivity contribution < 1.29 is 24.6 Å². The van der Waals surface area contributed by atoms with Crippen molar-refractivity contribution in [3.63, 3.8) is 0 Å². The number of phenols is 1. The number of amides is 2. The van der Waals surface area contributed by atoms with Gasteiger partial charge in [-0.1, -0.05) is 44.2 Å². The van der Waals surface area contributed by atoms with E-state index in [2.05, 4.69) is 10.6 Å². The van der Waals surface area contributed by atoms with Gasteiger partial charge >= 0.3 is 5.97 Å². The molecule has 2 unspecified atom stereocenters. The highest BCUT2D eigenvalue weighted by atomic mass is 16.4. The molecule has 0 fully saturated rings. The minimum absolute atomic E-state index is 0.0308. The molecule has 0 spiro atoms. The van der Waals surface area contributed by atoms with E-state index in [0.717, 1.165) is 5.56 Å². The number of rotatable bonds is 9. The van der Waals surface area contributed by atoms with Crippen LogP contribution in [-0.4, -0.2) is 40.1 Å². The van der Waals surface area contributed by atoms with Gasteiger partial charge < -0.3 is 20.8 Å². The molecule has 2 aromatic rings. The summed E-state index contributed by atoms with van der Waals surface area (Å²) in [6.45, 7) is 3.82. The molecule has 2 rings (SSSR count). The van der Waals surface area contributed by atoms with Crippen molar-refractivity contribution in [2.45, 2.75) is 38.8 Å². The van der Waals surface area contributed by atoms with Crippen molar-refractivity contribution in [3.8, 4) is 5.75 Å². The third-order valence-corrected chi connectivity index (χ3v) is 4.36. The van der Waals surface area contributed by atoms with Crippen LogP contribution in [-0.2, 0) is 16.0 Å². The van der Waals surface area contributed by atoms with Crippen LogP contribution in [0.5, 0.6) is 5.75 Å². The van der Waals surface area contributed by atoms with Crippen LogP contribution in [0.1, 0.15) is 36.2 Å². The molecule has 4 N–H and O–H groups in total. The van der Waals surface area contributed by atoms with Gasteiger partial charge in [0, 0.05) is 12.0 Å². The zero-order valence-corrected chi connectivity index (χ0v) is 16.5. The van der Waals surface area contributed by atoms with Gasteiger partial charge in [0.05, 0.1) is 0 Å². The average Bonchev–Trinajstić information content (AvgIpc) is 2.67. The third-order valence-electron chi connectivity index (χ3n) is 4.36. The lowest BCUT2D eigenvalue weighted by molar-refractivity contribution is -0.142. The first-order chi connectivity index (χ1) is 13.8. The monoisotopic (exact) mass is 398 g/mol. The van der Waals surface area contributed by atoms with E-state index in [-0.39, 0.29) is 18.1 Å². The first kappa shape index (κ1) is 21.9. The number of carbonyl (C=O) groups is 3. The molecule has 0 saturated heterocycles. The Balaban J connectivity index is 2.10. The lowest BCUT2D eigenvalue weighted by Gasteiger charge is -2.23. The van der Waals surface area contributed by atoms with Crippen LogP contribution in [0.2, 0.25) is 0 Å². The second kappa shape index (κ2) is 10.3. The Bertz CT molecular complexity index is 834. The molecule has 0 saturated carbocycles. The van der Waals surface area contributed by atoms with Crippen molar-refractivity contribution >= 4 is 17.8 Å². The summed E-state index contributed by atoms with van der Waals surface area (Å²) in [4.78, 5) is 36.9. The number of nitrogens with one attached hydrogen (secondary N) is 2. The van der Waals surface area contributed by atoms with Crippen molar-refractivity contribution in [1.29, 1.82) is 0 Å². The predicted octanol–water partition coefficient (Wildman–Crippen LogP) is 2.35. The molecule has 0 aromatic heterocycles. The van der Waals surface area contributed by atoms with E-state index in [1.54, 1.807) is 24.3 Å². The Morgan fingerprint density at radius 1 is 0.897 bits per heavy atom. The molecule has 0 radical (unpaired) electrons. The lowest BCUT2D eigenvalue weighted by Crippen LogP contribution is -2.52. The van der Waals surface area contributed by atoms with Gasteiger partial charge in [-0.05, 0) is 42.2 Å². The van der Waals surface area contributed by atoms with Crippen molar-refractivity contribution in [2.24, 2.45) is 5.92 Å². The largest absolute Gasteiger partial charge is 0.508 e. The highest BCUT2D eigenvalue weighted by Crippen LogP contribution is 2.12. The number of carboxylic acid groups (broad SMARTS) is 1. The first-order valence-corrected chi connectivity index (χ1v) is 9.43. The summed E-state index contributed by atoms with van der Waals surface area (Å²) in [7, 11) is 0. The Morgan fingerprint density at radius 3 is 2.07 bits per heavy atom. The summed E-state index contributed by atoms with van der Waals surface area (Å²) in [5, 5.41) is 24.1. The maximum atomic E-state index is 12.8. The maximum Gasteiger partial charge on any atom is 0.326 e. The van der Waals surface area contributed by atoms with E-state index in [4.69, 9.17) is 0 Å². The van der Waals surface area contributed by atoms with E-state index in [1.165, 1.54) is 24.3 Å². The molecule has 154 valence electrons. The predicted molar refractivity (Wildman–Crippen MR) is 109 cm³/mol. The molecule has 7 heteroatoms. The zero-order chi connectivity index (χ0) is 21.4. The van der Waals surface area contributed by atoms with Gasteiger partial charge in [0.1, 0.15) is 17.8 Å².